The molecule has 0 saturated heterocycles. The van der Waals surface area contributed by atoms with Gasteiger partial charge in [-0.25, -0.2) is 4.79 Å². The fourth-order valence-corrected chi connectivity index (χ4v) is 1.90. The lowest BCUT2D eigenvalue weighted by molar-refractivity contribution is -0.150. The van der Waals surface area contributed by atoms with E-state index in [-0.39, 0.29) is 0 Å². The van der Waals surface area contributed by atoms with Gasteiger partial charge in [-0.1, -0.05) is 25.5 Å². The third-order valence-electron chi connectivity index (χ3n) is 3.03. The van der Waals surface area contributed by atoms with Gasteiger partial charge in [0.05, 0.1) is 6.61 Å². The molecule has 0 saturated carbocycles. The van der Waals surface area contributed by atoms with Gasteiger partial charge in [-0.05, 0) is 37.5 Å². The summed E-state index contributed by atoms with van der Waals surface area (Å²) in [5, 5.41) is 8.94. The van der Waals surface area contributed by atoms with Crippen molar-refractivity contribution in [2.24, 2.45) is 0 Å². The molecule has 1 rings (SSSR count). The topological polar surface area (TPSA) is 55.8 Å². The maximum absolute atomic E-state index is 10.9. The van der Waals surface area contributed by atoms with Crippen LogP contribution in [0, 0.1) is 0 Å². The first-order chi connectivity index (χ1) is 9.67. The van der Waals surface area contributed by atoms with Crippen LogP contribution in [0.2, 0.25) is 0 Å². The van der Waals surface area contributed by atoms with Gasteiger partial charge in [0.1, 0.15) is 5.75 Å². The Morgan fingerprint density at radius 2 is 1.95 bits per heavy atom. The van der Waals surface area contributed by atoms with Crippen molar-refractivity contribution < 1.29 is 19.4 Å². The van der Waals surface area contributed by atoms with Gasteiger partial charge in [0, 0.05) is 13.0 Å². The average molecular weight is 280 g/mol. The summed E-state index contributed by atoms with van der Waals surface area (Å²) in [6, 6.07) is 7.98. The minimum atomic E-state index is -0.939. The first-order valence-electron chi connectivity index (χ1n) is 7.23. The molecule has 20 heavy (non-hydrogen) atoms. The highest BCUT2D eigenvalue weighted by Crippen LogP contribution is 2.14. The second kappa shape index (κ2) is 9.37. The summed E-state index contributed by atoms with van der Waals surface area (Å²) < 4.78 is 10.7. The molecule has 0 radical (unpaired) electrons. The van der Waals surface area contributed by atoms with Crippen molar-refractivity contribution in [3.63, 3.8) is 0 Å². The molecule has 112 valence electrons. The Balaban J connectivity index is 2.35. The van der Waals surface area contributed by atoms with E-state index in [1.54, 1.807) is 6.92 Å². The van der Waals surface area contributed by atoms with Crippen LogP contribution in [0.3, 0.4) is 0 Å². The molecule has 1 aromatic carbocycles. The maximum atomic E-state index is 10.9. The summed E-state index contributed by atoms with van der Waals surface area (Å²) in [6.45, 7) is 4.69. The number of carboxylic acid groups (broad SMARTS) is 1. The van der Waals surface area contributed by atoms with Crippen LogP contribution in [0.1, 0.15) is 38.7 Å². The number of hydrogen-bond acceptors (Lipinski definition) is 3. The fourth-order valence-electron chi connectivity index (χ4n) is 1.90. The summed E-state index contributed by atoms with van der Waals surface area (Å²) in [5.41, 5.74) is 1.30. The molecule has 4 nitrogen and oxygen atoms in total. The van der Waals surface area contributed by atoms with E-state index in [1.165, 1.54) is 18.4 Å². The largest absolute Gasteiger partial charge is 0.493 e. The van der Waals surface area contributed by atoms with Crippen molar-refractivity contribution in [1.82, 2.24) is 0 Å². The zero-order chi connectivity index (χ0) is 14.8. The molecule has 1 unspecified atom stereocenters. The zero-order valence-corrected chi connectivity index (χ0v) is 12.3. The molecule has 0 spiro atoms. The number of benzene rings is 1. The Hall–Kier alpha value is -1.55. The molecule has 1 atom stereocenters. The Bertz CT molecular complexity index is 386. The number of unbranched alkanes of at least 4 members (excludes halogenated alkanes) is 1. The van der Waals surface area contributed by atoms with Gasteiger partial charge < -0.3 is 14.6 Å². The van der Waals surface area contributed by atoms with Gasteiger partial charge in [0.15, 0.2) is 6.10 Å². The van der Waals surface area contributed by atoms with E-state index in [9.17, 15) is 4.79 Å². The fraction of sp³-hybridized carbons (Fsp3) is 0.562. The standard InChI is InChI=1S/C16H24O4/c1-3-5-6-13-7-9-14(10-8-13)20-12-11-15(16(17)18)19-4-2/h7-10,15H,3-6,11-12H2,1-2H3,(H,17,18). The summed E-state index contributed by atoms with van der Waals surface area (Å²) >= 11 is 0. The van der Waals surface area contributed by atoms with Crippen molar-refractivity contribution in [3.8, 4) is 5.75 Å². The molecule has 0 heterocycles. The monoisotopic (exact) mass is 280 g/mol. The highest BCUT2D eigenvalue weighted by Gasteiger charge is 2.16. The van der Waals surface area contributed by atoms with Gasteiger partial charge in [-0.3, -0.25) is 0 Å². The molecule has 0 aliphatic heterocycles. The first-order valence-corrected chi connectivity index (χ1v) is 7.23. The SMILES string of the molecule is CCCCc1ccc(OCCC(OCC)C(=O)O)cc1. The van der Waals surface area contributed by atoms with Crippen molar-refractivity contribution in [1.29, 1.82) is 0 Å². The quantitative estimate of drug-likeness (QED) is 0.714. The molecule has 0 aromatic heterocycles. The lowest BCUT2D eigenvalue weighted by atomic mass is 10.1. The maximum Gasteiger partial charge on any atom is 0.332 e. The third-order valence-corrected chi connectivity index (χ3v) is 3.03. The smallest absolute Gasteiger partial charge is 0.332 e. The zero-order valence-electron chi connectivity index (χ0n) is 12.3. The lowest BCUT2D eigenvalue weighted by Gasteiger charge is -2.13. The van der Waals surface area contributed by atoms with Crippen LogP contribution >= 0.6 is 0 Å². The molecule has 1 aromatic rings. The molecule has 0 bridgehead atoms. The summed E-state index contributed by atoms with van der Waals surface area (Å²) in [7, 11) is 0. The number of carboxylic acids is 1. The minimum Gasteiger partial charge on any atom is -0.493 e. The number of aliphatic carboxylic acids is 1. The number of ether oxygens (including phenoxy) is 2. The Morgan fingerprint density at radius 3 is 2.50 bits per heavy atom. The Morgan fingerprint density at radius 1 is 1.25 bits per heavy atom. The van der Waals surface area contributed by atoms with Gasteiger partial charge in [0.2, 0.25) is 0 Å². The predicted octanol–water partition coefficient (Wildman–Crippen LogP) is 3.29. The van der Waals surface area contributed by atoms with Crippen LogP contribution in [-0.2, 0) is 16.0 Å². The molecule has 0 aliphatic carbocycles. The number of aryl methyl sites for hydroxylation is 1. The van der Waals surface area contributed by atoms with Crippen LogP contribution < -0.4 is 4.74 Å². The lowest BCUT2D eigenvalue weighted by Crippen LogP contribution is -2.26. The van der Waals surface area contributed by atoms with E-state index in [0.29, 0.717) is 19.6 Å². The molecule has 4 heteroatoms. The van der Waals surface area contributed by atoms with Gasteiger partial charge >= 0.3 is 5.97 Å². The Labute approximate surface area is 120 Å². The van der Waals surface area contributed by atoms with Crippen molar-refractivity contribution >= 4 is 5.97 Å². The predicted molar refractivity (Wildman–Crippen MR) is 78.2 cm³/mol. The van der Waals surface area contributed by atoms with E-state index >= 15 is 0 Å². The van der Waals surface area contributed by atoms with Crippen LogP contribution in [-0.4, -0.2) is 30.4 Å². The van der Waals surface area contributed by atoms with Crippen molar-refractivity contribution in [2.45, 2.75) is 45.6 Å². The van der Waals surface area contributed by atoms with Gasteiger partial charge in [-0.2, -0.15) is 0 Å². The van der Waals surface area contributed by atoms with Crippen LogP contribution in [0.4, 0.5) is 0 Å². The number of carbonyl (C=O) groups is 1. The molecule has 0 amide bonds. The summed E-state index contributed by atoms with van der Waals surface area (Å²) in [5.74, 6) is -0.170. The van der Waals surface area contributed by atoms with E-state index in [2.05, 4.69) is 19.1 Å². The first kappa shape index (κ1) is 16.5. The molecular weight excluding hydrogens is 256 g/mol. The minimum absolute atomic E-state index is 0.339. The third kappa shape index (κ3) is 6.06. The van der Waals surface area contributed by atoms with E-state index < -0.39 is 12.1 Å². The summed E-state index contributed by atoms with van der Waals surface area (Å²) in [4.78, 5) is 10.9. The van der Waals surface area contributed by atoms with E-state index in [4.69, 9.17) is 14.6 Å². The van der Waals surface area contributed by atoms with E-state index in [1.807, 2.05) is 12.1 Å². The molecule has 0 fully saturated rings. The normalized spacial score (nSPS) is 12.1. The highest BCUT2D eigenvalue weighted by molar-refractivity contribution is 5.72. The van der Waals surface area contributed by atoms with Crippen LogP contribution in [0.15, 0.2) is 24.3 Å². The molecular formula is C16H24O4. The number of hydrogen-bond donors (Lipinski definition) is 1. The molecule has 0 aliphatic rings. The van der Waals surface area contributed by atoms with Gasteiger partial charge in [-0.15, -0.1) is 0 Å². The Kier molecular flexibility index (Phi) is 7.73. The van der Waals surface area contributed by atoms with Crippen molar-refractivity contribution in [2.75, 3.05) is 13.2 Å². The van der Waals surface area contributed by atoms with E-state index in [0.717, 1.165) is 12.2 Å². The average Bonchev–Trinajstić information content (AvgIpc) is 2.45. The number of rotatable bonds is 10. The summed E-state index contributed by atoms with van der Waals surface area (Å²) in [6.07, 6.45) is 3.02. The van der Waals surface area contributed by atoms with Gasteiger partial charge in [0.25, 0.3) is 0 Å². The van der Waals surface area contributed by atoms with Crippen molar-refractivity contribution in [3.05, 3.63) is 29.8 Å². The molecule has 1 N–H and O–H groups in total. The highest BCUT2D eigenvalue weighted by atomic mass is 16.5. The second-order valence-electron chi connectivity index (χ2n) is 4.67. The van der Waals surface area contributed by atoms with Crippen LogP contribution in [0.5, 0.6) is 5.75 Å². The second-order valence-corrected chi connectivity index (χ2v) is 4.67. The van der Waals surface area contributed by atoms with Crippen LogP contribution in [0.25, 0.3) is 0 Å².